The van der Waals surface area contributed by atoms with Crippen molar-refractivity contribution in [2.45, 2.75) is 32.1 Å². The van der Waals surface area contributed by atoms with Crippen LogP contribution in [-0.2, 0) is 24.8 Å². The van der Waals surface area contributed by atoms with Crippen molar-refractivity contribution in [3.8, 4) is 0 Å². The van der Waals surface area contributed by atoms with E-state index in [0.29, 0.717) is 11.3 Å². The van der Waals surface area contributed by atoms with E-state index in [0.717, 1.165) is 23.1 Å². The van der Waals surface area contributed by atoms with Crippen LogP contribution in [0.5, 0.6) is 0 Å². The van der Waals surface area contributed by atoms with Crippen molar-refractivity contribution in [2.24, 2.45) is 0 Å². The van der Waals surface area contributed by atoms with Crippen molar-refractivity contribution in [2.75, 3.05) is 32.8 Å². The number of rotatable bonds is 7. The van der Waals surface area contributed by atoms with Crippen LogP contribution in [0.15, 0.2) is 47.4 Å². The van der Waals surface area contributed by atoms with Crippen LogP contribution in [-0.4, -0.2) is 41.6 Å². The molecule has 0 aliphatic carbocycles. The van der Waals surface area contributed by atoms with Crippen molar-refractivity contribution in [1.82, 2.24) is 0 Å². The molecule has 1 aliphatic heterocycles. The van der Waals surface area contributed by atoms with E-state index in [9.17, 15) is 21.6 Å². The first-order valence-corrected chi connectivity index (χ1v) is 12.7. The van der Waals surface area contributed by atoms with Crippen LogP contribution in [0.1, 0.15) is 25.8 Å². The summed E-state index contributed by atoms with van der Waals surface area (Å²) in [6.45, 7) is 7.36. The van der Waals surface area contributed by atoms with Gasteiger partial charge in [0.25, 0.3) is 10.0 Å². The minimum absolute atomic E-state index is 0.0168. The predicted octanol–water partition coefficient (Wildman–Crippen LogP) is 2.71. The Bertz CT molecular complexity index is 1160. The zero-order valence-electron chi connectivity index (χ0n) is 17.1. The molecule has 0 radical (unpaired) electrons. The summed E-state index contributed by atoms with van der Waals surface area (Å²) >= 11 is 0. The van der Waals surface area contributed by atoms with Gasteiger partial charge >= 0.3 is 0 Å². The number of nitrogens with zero attached hydrogens (tertiary/aromatic N) is 2. The summed E-state index contributed by atoms with van der Waals surface area (Å²) in [6.07, 6.45) is -0.0769. The maximum Gasteiger partial charge on any atom is 0.262 e. The number of anilines is 3. The van der Waals surface area contributed by atoms with Gasteiger partial charge < -0.3 is 4.90 Å². The molecule has 0 saturated carbocycles. The van der Waals surface area contributed by atoms with E-state index in [2.05, 4.69) is 9.62 Å². The Hall–Kier alpha value is -2.59. The topological polar surface area (TPSA) is 104 Å². The molecule has 162 valence electrons. The van der Waals surface area contributed by atoms with Crippen LogP contribution in [0.4, 0.5) is 17.1 Å². The first kappa shape index (κ1) is 22.1. The summed E-state index contributed by atoms with van der Waals surface area (Å²) in [6, 6.07) is 11.2. The minimum atomic E-state index is -3.89. The molecule has 3 rings (SSSR count). The van der Waals surface area contributed by atoms with Crippen molar-refractivity contribution in [1.29, 1.82) is 0 Å². The Morgan fingerprint density at radius 1 is 1.07 bits per heavy atom. The summed E-state index contributed by atoms with van der Waals surface area (Å²) in [7, 11) is -7.59. The highest BCUT2D eigenvalue weighted by Crippen LogP contribution is 2.29. The quantitative estimate of drug-likeness (QED) is 0.694. The molecule has 2 aromatic carbocycles. The Morgan fingerprint density at radius 3 is 2.20 bits per heavy atom. The first-order chi connectivity index (χ1) is 14.1. The molecule has 1 saturated heterocycles. The monoisotopic (exact) mass is 451 g/mol. The SMILES string of the molecule is CCN(CC)c1ccc(NS(=O)(=O)c2ccc(N3C(=O)CCS3(=O)=O)cc2C)cc1. The van der Waals surface area contributed by atoms with Gasteiger partial charge in [-0.3, -0.25) is 9.52 Å². The predicted molar refractivity (Wildman–Crippen MR) is 118 cm³/mol. The summed E-state index contributed by atoms with van der Waals surface area (Å²) in [5, 5.41) is 0. The van der Waals surface area contributed by atoms with E-state index in [1.807, 2.05) is 26.0 Å². The summed E-state index contributed by atoms with van der Waals surface area (Å²) in [5.41, 5.74) is 1.92. The number of amides is 1. The smallest absolute Gasteiger partial charge is 0.262 e. The van der Waals surface area contributed by atoms with E-state index < -0.39 is 26.0 Å². The largest absolute Gasteiger partial charge is 0.372 e. The third kappa shape index (κ3) is 4.29. The van der Waals surface area contributed by atoms with Gasteiger partial charge in [-0.15, -0.1) is 0 Å². The number of carbonyl (C=O) groups excluding carboxylic acids is 1. The van der Waals surface area contributed by atoms with Gasteiger partial charge in [-0.2, -0.15) is 0 Å². The van der Waals surface area contributed by atoms with Crippen molar-refractivity contribution in [3.63, 3.8) is 0 Å². The molecule has 0 unspecified atom stereocenters. The maximum absolute atomic E-state index is 12.9. The van der Waals surface area contributed by atoms with Crippen molar-refractivity contribution < 1.29 is 21.6 Å². The van der Waals surface area contributed by atoms with Gasteiger partial charge in [-0.1, -0.05) is 0 Å². The normalized spacial score (nSPS) is 16.0. The molecule has 1 aliphatic rings. The highest BCUT2D eigenvalue weighted by Gasteiger charge is 2.36. The number of hydrogen-bond donors (Lipinski definition) is 1. The number of aryl methyl sites for hydroxylation is 1. The van der Waals surface area contributed by atoms with Crippen molar-refractivity contribution >= 4 is 43.0 Å². The lowest BCUT2D eigenvalue weighted by Gasteiger charge is -2.21. The second kappa shape index (κ2) is 8.27. The molecule has 1 amide bonds. The van der Waals surface area contributed by atoms with Crippen molar-refractivity contribution in [3.05, 3.63) is 48.0 Å². The number of benzene rings is 2. The van der Waals surface area contributed by atoms with E-state index >= 15 is 0 Å². The molecule has 0 atom stereocenters. The fraction of sp³-hybridized carbons (Fsp3) is 0.350. The molecule has 1 N–H and O–H groups in total. The molecule has 8 nitrogen and oxygen atoms in total. The number of sulfonamides is 2. The Balaban J connectivity index is 1.85. The second-order valence-electron chi connectivity index (χ2n) is 7.00. The summed E-state index contributed by atoms with van der Waals surface area (Å²) in [4.78, 5) is 14.1. The van der Waals surface area contributed by atoms with Gasteiger partial charge in [0.15, 0.2) is 0 Å². The molecule has 0 spiro atoms. The fourth-order valence-corrected chi connectivity index (χ4v) is 6.21. The van der Waals surface area contributed by atoms with Gasteiger partial charge in [0, 0.05) is 30.9 Å². The number of nitrogens with one attached hydrogen (secondary N) is 1. The average molecular weight is 452 g/mol. The van der Waals surface area contributed by atoms with Gasteiger partial charge in [0.2, 0.25) is 15.9 Å². The molecule has 10 heteroatoms. The summed E-state index contributed by atoms with van der Waals surface area (Å²) in [5.74, 6) is -0.757. The second-order valence-corrected chi connectivity index (χ2v) is 10.6. The molecule has 1 heterocycles. The number of hydrogen-bond acceptors (Lipinski definition) is 6. The van der Waals surface area contributed by atoms with Gasteiger partial charge in [-0.25, -0.2) is 21.1 Å². The molecule has 30 heavy (non-hydrogen) atoms. The van der Waals surface area contributed by atoms with Gasteiger partial charge in [0.05, 0.1) is 16.3 Å². The molecule has 2 aromatic rings. The van der Waals surface area contributed by atoms with Crippen LogP contribution in [0.2, 0.25) is 0 Å². The Kier molecular flexibility index (Phi) is 6.09. The first-order valence-electron chi connectivity index (χ1n) is 9.63. The van der Waals surface area contributed by atoms with Crippen LogP contribution >= 0.6 is 0 Å². The highest BCUT2D eigenvalue weighted by atomic mass is 32.2. The zero-order chi connectivity index (χ0) is 22.1. The lowest BCUT2D eigenvalue weighted by atomic mass is 10.2. The van der Waals surface area contributed by atoms with Gasteiger partial charge in [0.1, 0.15) is 0 Å². The van der Waals surface area contributed by atoms with Crippen LogP contribution < -0.4 is 13.9 Å². The van der Waals surface area contributed by atoms with Crippen LogP contribution in [0.25, 0.3) is 0 Å². The third-order valence-corrected chi connectivity index (χ3v) is 8.24. The zero-order valence-corrected chi connectivity index (χ0v) is 18.8. The molecule has 1 fully saturated rings. The lowest BCUT2D eigenvalue weighted by Crippen LogP contribution is -2.29. The molecular formula is C20H25N3O5S2. The van der Waals surface area contributed by atoms with E-state index in [-0.39, 0.29) is 22.8 Å². The number of carbonyl (C=O) groups is 1. The van der Waals surface area contributed by atoms with E-state index in [1.54, 1.807) is 19.1 Å². The fourth-order valence-electron chi connectivity index (χ4n) is 3.47. The van der Waals surface area contributed by atoms with E-state index in [4.69, 9.17) is 0 Å². The molecular weight excluding hydrogens is 426 g/mol. The highest BCUT2D eigenvalue weighted by molar-refractivity contribution is 7.94. The molecule has 0 aromatic heterocycles. The Labute approximate surface area is 177 Å². The average Bonchev–Trinajstić information content (AvgIpc) is 2.96. The lowest BCUT2D eigenvalue weighted by molar-refractivity contribution is -0.116. The van der Waals surface area contributed by atoms with Gasteiger partial charge in [-0.05, 0) is 68.8 Å². The van der Waals surface area contributed by atoms with E-state index in [1.165, 1.54) is 18.2 Å². The maximum atomic E-state index is 12.9. The Morgan fingerprint density at radius 2 is 1.70 bits per heavy atom. The minimum Gasteiger partial charge on any atom is -0.372 e. The standard InChI is InChI=1S/C20H25N3O5S2/c1-4-22(5-2)17-8-6-16(7-9-17)21-30(27,28)19-11-10-18(14-15(19)3)23-20(24)12-13-29(23,25)26/h6-11,14,21H,4-5,12-13H2,1-3H3. The van der Waals surface area contributed by atoms with Crippen LogP contribution in [0, 0.1) is 6.92 Å². The summed E-state index contributed by atoms with van der Waals surface area (Å²) < 4.78 is 53.2. The third-order valence-electron chi connectivity index (χ3n) is 5.01. The van der Waals surface area contributed by atoms with Crippen LogP contribution in [0.3, 0.4) is 0 Å². The molecule has 0 bridgehead atoms.